The number of benzene rings is 1. The largest absolute Gasteiger partial charge is 0.349 e. The lowest BCUT2D eigenvalue weighted by molar-refractivity contribution is -0.911. The van der Waals surface area contributed by atoms with E-state index in [1.807, 2.05) is 6.07 Å². The molecule has 0 bridgehead atoms. The first-order valence-electron chi connectivity index (χ1n) is 8.49. The number of H-pyrrole nitrogens is 1. The zero-order valence-electron chi connectivity index (χ0n) is 13.7. The summed E-state index contributed by atoms with van der Waals surface area (Å²) in [6, 6.07) is 6.70. The average Bonchev–Trinajstić information content (AvgIpc) is 3.14. The molecule has 1 saturated heterocycles. The first kappa shape index (κ1) is 14.5. The summed E-state index contributed by atoms with van der Waals surface area (Å²) in [5.41, 5.74) is 3.62. The number of rotatable bonds is 3. The van der Waals surface area contributed by atoms with Crippen LogP contribution in [0, 0.1) is 6.92 Å². The summed E-state index contributed by atoms with van der Waals surface area (Å²) >= 11 is 0. The normalized spacial score (nSPS) is 21.5. The molecule has 23 heavy (non-hydrogen) atoms. The molecule has 0 saturated carbocycles. The Morgan fingerprint density at radius 1 is 1.43 bits per heavy atom. The lowest BCUT2D eigenvalue weighted by Crippen LogP contribution is -3.13. The van der Waals surface area contributed by atoms with Crippen LogP contribution < -0.4 is 10.5 Å². The van der Waals surface area contributed by atoms with Gasteiger partial charge in [0.1, 0.15) is 17.1 Å². The second-order valence-corrected chi connectivity index (χ2v) is 6.70. The number of hydrogen-bond acceptors (Lipinski definition) is 2. The van der Waals surface area contributed by atoms with Gasteiger partial charge in [0, 0.05) is 23.7 Å². The maximum Gasteiger partial charge on any atom is 0.277 e. The van der Waals surface area contributed by atoms with Crippen LogP contribution in [0.15, 0.2) is 29.3 Å². The summed E-state index contributed by atoms with van der Waals surface area (Å²) in [6.07, 6.45) is 4.18. The molecular formula is C18H23N4O+. The Balaban J connectivity index is 1.79. The van der Waals surface area contributed by atoms with E-state index in [-0.39, 0.29) is 5.56 Å². The third-order valence-corrected chi connectivity index (χ3v) is 5.23. The minimum absolute atomic E-state index is 0.0474. The molecule has 1 aromatic carbocycles. The summed E-state index contributed by atoms with van der Waals surface area (Å²) in [7, 11) is 0. The number of hydrogen-bond donors (Lipinski definition) is 2. The van der Waals surface area contributed by atoms with Gasteiger partial charge in [-0.1, -0.05) is 11.6 Å². The third kappa shape index (κ3) is 2.36. The molecule has 0 radical (unpaired) electrons. The topological polar surface area (TPSA) is 55.1 Å². The van der Waals surface area contributed by atoms with Gasteiger partial charge in [-0.2, -0.15) is 0 Å². The maximum atomic E-state index is 12.8. The zero-order valence-corrected chi connectivity index (χ0v) is 13.7. The van der Waals surface area contributed by atoms with Gasteiger partial charge in [-0.05, 0) is 26.0 Å². The van der Waals surface area contributed by atoms with E-state index in [0.717, 1.165) is 29.5 Å². The van der Waals surface area contributed by atoms with Gasteiger partial charge in [-0.15, -0.1) is 0 Å². The minimum Gasteiger partial charge on any atom is -0.349 e. The van der Waals surface area contributed by atoms with Crippen LogP contribution in [0.2, 0.25) is 0 Å². The second kappa shape index (κ2) is 5.49. The molecule has 5 heteroatoms. The molecule has 1 fully saturated rings. The molecule has 120 valence electrons. The predicted molar refractivity (Wildman–Crippen MR) is 92.0 cm³/mol. The molecule has 5 nitrogen and oxygen atoms in total. The van der Waals surface area contributed by atoms with Crippen molar-refractivity contribution in [2.45, 2.75) is 39.3 Å². The van der Waals surface area contributed by atoms with Gasteiger partial charge in [0.15, 0.2) is 0 Å². The van der Waals surface area contributed by atoms with Gasteiger partial charge in [0.2, 0.25) is 0 Å². The zero-order chi connectivity index (χ0) is 16.0. The fraction of sp³-hybridized carbons (Fsp3) is 0.444. The van der Waals surface area contributed by atoms with Crippen molar-refractivity contribution in [3.8, 4) is 0 Å². The number of quaternary nitrogens is 1. The van der Waals surface area contributed by atoms with Crippen LogP contribution in [-0.2, 0) is 6.54 Å². The number of aromatic nitrogens is 3. The van der Waals surface area contributed by atoms with Crippen molar-refractivity contribution in [1.29, 1.82) is 0 Å². The smallest absolute Gasteiger partial charge is 0.277 e. The first-order valence-corrected chi connectivity index (χ1v) is 8.49. The van der Waals surface area contributed by atoms with E-state index in [4.69, 9.17) is 0 Å². The van der Waals surface area contributed by atoms with E-state index in [1.54, 1.807) is 15.8 Å². The molecule has 4 rings (SSSR count). The van der Waals surface area contributed by atoms with Crippen LogP contribution >= 0.6 is 0 Å². The van der Waals surface area contributed by atoms with Gasteiger partial charge in [0.25, 0.3) is 5.56 Å². The fourth-order valence-corrected chi connectivity index (χ4v) is 3.94. The highest BCUT2D eigenvalue weighted by molar-refractivity contribution is 6.04. The van der Waals surface area contributed by atoms with Gasteiger partial charge in [0.05, 0.1) is 26.0 Å². The summed E-state index contributed by atoms with van der Waals surface area (Å²) in [4.78, 5) is 22.3. The number of aryl methyl sites for hydroxylation is 1. The number of likely N-dealkylation sites (N-methyl/N-ethyl adjacent to an activating group) is 1. The molecule has 1 aliphatic heterocycles. The average molecular weight is 311 g/mol. The van der Waals surface area contributed by atoms with Gasteiger partial charge in [-0.25, -0.2) is 4.98 Å². The second-order valence-electron chi connectivity index (χ2n) is 6.70. The van der Waals surface area contributed by atoms with E-state index >= 15 is 0 Å². The van der Waals surface area contributed by atoms with E-state index < -0.39 is 0 Å². The number of fused-ring (bicyclic) bond motifs is 3. The Labute approximate surface area is 134 Å². The predicted octanol–water partition coefficient (Wildman–Crippen LogP) is 1.25. The van der Waals surface area contributed by atoms with Crippen molar-refractivity contribution in [1.82, 2.24) is 14.5 Å². The molecule has 0 spiro atoms. The molecule has 2 atom stereocenters. The quantitative estimate of drug-likeness (QED) is 0.765. The van der Waals surface area contributed by atoms with Crippen LogP contribution in [-0.4, -0.2) is 33.7 Å². The van der Waals surface area contributed by atoms with Crippen LogP contribution in [0.4, 0.5) is 0 Å². The SMILES string of the molecule is CC[NH+]1CCC[C@H]1Cn1cnc2c([nH]c3ccc(C)cc32)c1=O. The highest BCUT2D eigenvalue weighted by atomic mass is 16.1. The first-order chi connectivity index (χ1) is 11.2. The Morgan fingerprint density at radius 2 is 2.30 bits per heavy atom. The van der Waals surface area contributed by atoms with Crippen molar-refractivity contribution >= 4 is 21.9 Å². The molecule has 0 amide bonds. The number of nitrogens with zero attached hydrogens (tertiary/aromatic N) is 2. The van der Waals surface area contributed by atoms with Gasteiger partial charge in [-0.3, -0.25) is 9.36 Å². The summed E-state index contributed by atoms with van der Waals surface area (Å²) in [5, 5.41) is 1.03. The Morgan fingerprint density at radius 3 is 3.13 bits per heavy atom. The third-order valence-electron chi connectivity index (χ3n) is 5.23. The lowest BCUT2D eigenvalue weighted by Gasteiger charge is -2.20. The summed E-state index contributed by atoms with van der Waals surface area (Å²) in [6.45, 7) is 7.39. The van der Waals surface area contributed by atoms with Crippen molar-refractivity contribution in [3.63, 3.8) is 0 Å². The Kier molecular flexibility index (Phi) is 3.45. The number of aromatic amines is 1. The van der Waals surface area contributed by atoms with E-state index in [9.17, 15) is 4.79 Å². The highest BCUT2D eigenvalue weighted by Crippen LogP contribution is 2.22. The van der Waals surface area contributed by atoms with E-state index in [0.29, 0.717) is 11.6 Å². The van der Waals surface area contributed by atoms with E-state index in [2.05, 4.69) is 35.9 Å². The monoisotopic (exact) mass is 311 g/mol. The number of nitrogens with one attached hydrogen (secondary N) is 2. The summed E-state index contributed by atoms with van der Waals surface area (Å²) < 4.78 is 1.79. The standard InChI is InChI=1S/C18H22N4O/c1-3-21-8-4-5-13(21)10-22-11-19-16-14-9-12(2)6-7-15(14)20-17(16)18(22)23/h6-7,9,11,13,20H,3-5,8,10H2,1-2H3/p+1/t13-/m0/s1. The molecule has 2 aromatic heterocycles. The molecule has 3 aromatic rings. The molecule has 1 aliphatic rings. The van der Waals surface area contributed by atoms with Crippen molar-refractivity contribution in [3.05, 3.63) is 40.4 Å². The van der Waals surface area contributed by atoms with Gasteiger partial charge < -0.3 is 9.88 Å². The number of likely N-dealkylation sites (tertiary alicyclic amines) is 1. The molecular weight excluding hydrogens is 288 g/mol. The molecule has 1 unspecified atom stereocenters. The molecule has 3 heterocycles. The Hall–Kier alpha value is -2.14. The highest BCUT2D eigenvalue weighted by Gasteiger charge is 2.27. The van der Waals surface area contributed by atoms with E-state index in [1.165, 1.54) is 24.9 Å². The lowest BCUT2D eigenvalue weighted by atomic mass is 10.1. The molecule has 2 N–H and O–H groups in total. The minimum atomic E-state index is 0.0474. The fourth-order valence-electron chi connectivity index (χ4n) is 3.94. The van der Waals surface area contributed by atoms with Crippen molar-refractivity contribution in [2.75, 3.05) is 13.1 Å². The van der Waals surface area contributed by atoms with Crippen molar-refractivity contribution < 1.29 is 4.90 Å². The Bertz CT molecular complexity index is 924. The summed E-state index contributed by atoms with van der Waals surface area (Å²) in [5.74, 6) is 0. The van der Waals surface area contributed by atoms with Crippen LogP contribution in [0.25, 0.3) is 21.9 Å². The van der Waals surface area contributed by atoms with Crippen LogP contribution in [0.1, 0.15) is 25.3 Å². The van der Waals surface area contributed by atoms with Crippen LogP contribution in [0.5, 0.6) is 0 Å². The molecule has 0 aliphatic carbocycles. The maximum absolute atomic E-state index is 12.8. The van der Waals surface area contributed by atoms with Gasteiger partial charge >= 0.3 is 0 Å². The van der Waals surface area contributed by atoms with Crippen molar-refractivity contribution in [2.24, 2.45) is 0 Å². The van der Waals surface area contributed by atoms with Crippen LogP contribution in [0.3, 0.4) is 0 Å².